The highest BCUT2D eigenvalue weighted by Crippen LogP contribution is 2.25. The van der Waals surface area contributed by atoms with Gasteiger partial charge in [-0.1, -0.05) is 18.5 Å². The second kappa shape index (κ2) is 8.80. The monoisotopic (exact) mass is 340 g/mol. The molecule has 1 aromatic carbocycles. The van der Waals surface area contributed by atoms with Crippen molar-refractivity contribution in [3.8, 4) is 0 Å². The normalized spacial score (nSPS) is 18.1. The van der Waals surface area contributed by atoms with Crippen molar-refractivity contribution < 1.29 is 4.79 Å². The summed E-state index contributed by atoms with van der Waals surface area (Å²) in [6.45, 7) is 7.53. The van der Waals surface area contributed by atoms with Gasteiger partial charge in [0.15, 0.2) is 0 Å². The summed E-state index contributed by atoms with van der Waals surface area (Å²) < 4.78 is 0. The van der Waals surface area contributed by atoms with Gasteiger partial charge < -0.3 is 10.2 Å². The lowest BCUT2D eigenvalue weighted by molar-refractivity contribution is -0.121. The first-order valence-electron chi connectivity index (χ1n) is 8.03. The highest BCUT2D eigenvalue weighted by Gasteiger charge is 2.22. The van der Waals surface area contributed by atoms with Gasteiger partial charge in [-0.15, -0.1) is 11.8 Å². The molecule has 1 aromatic rings. The molecule has 1 N–H and O–H groups in total. The van der Waals surface area contributed by atoms with Crippen molar-refractivity contribution in [2.45, 2.75) is 49.3 Å². The Morgan fingerprint density at radius 2 is 2.00 bits per heavy atom. The first kappa shape index (κ1) is 17.6. The Labute approximate surface area is 142 Å². The van der Waals surface area contributed by atoms with Crippen molar-refractivity contribution in [1.82, 2.24) is 10.2 Å². The van der Waals surface area contributed by atoms with Gasteiger partial charge in [-0.05, 0) is 57.0 Å². The van der Waals surface area contributed by atoms with E-state index in [1.807, 2.05) is 31.2 Å². The van der Waals surface area contributed by atoms with E-state index < -0.39 is 0 Å². The van der Waals surface area contributed by atoms with Crippen LogP contribution < -0.4 is 5.32 Å². The van der Waals surface area contributed by atoms with Crippen molar-refractivity contribution in [2.75, 3.05) is 19.6 Å². The van der Waals surface area contributed by atoms with Crippen molar-refractivity contribution >= 4 is 29.3 Å². The zero-order valence-electron chi connectivity index (χ0n) is 13.3. The van der Waals surface area contributed by atoms with E-state index in [0.29, 0.717) is 6.04 Å². The minimum atomic E-state index is -0.0881. The van der Waals surface area contributed by atoms with E-state index in [0.717, 1.165) is 35.8 Å². The van der Waals surface area contributed by atoms with Gasteiger partial charge in [-0.3, -0.25) is 4.79 Å². The van der Waals surface area contributed by atoms with Gasteiger partial charge in [0.05, 0.1) is 5.25 Å². The molecule has 1 atom stereocenters. The minimum Gasteiger partial charge on any atom is -0.352 e. The number of hydrogen-bond acceptors (Lipinski definition) is 3. The SMILES string of the molecule is CCCN1CCC(NC(=O)[C@@H](C)Sc2ccc(Cl)cc2)CC1. The van der Waals surface area contributed by atoms with Gasteiger partial charge in [-0.2, -0.15) is 0 Å². The number of rotatable bonds is 6. The number of nitrogens with one attached hydrogen (secondary N) is 1. The van der Waals surface area contributed by atoms with Crippen LogP contribution in [0.25, 0.3) is 0 Å². The fraction of sp³-hybridized carbons (Fsp3) is 0.588. The lowest BCUT2D eigenvalue weighted by atomic mass is 10.0. The van der Waals surface area contributed by atoms with Crippen molar-refractivity contribution in [2.24, 2.45) is 0 Å². The molecule has 1 fully saturated rings. The molecule has 0 radical (unpaired) electrons. The summed E-state index contributed by atoms with van der Waals surface area (Å²) >= 11 is 7.46. The molecule has 0 unspecified atom stereocenters. The van der Waals surface area contributed by atoms with Crippen LogP contribution in [0.5, 0.6) is 0 Å². The molecular formula is C17H25ClN2OS. The molecule has 5 heteroatoms. The predicted octanol–water partition coefficient (Wildman–Crippen LogP) is 3.81. The van der Waals surface area contributed by atoms with E-state index in [-0.39, 0.29) is 11.2 Å². The molecule has 1 aliphatic rings. The number of nitrogens with zero attached hydrogens (tertiary/aromatic N) is 1. The lowest BCUT2D eigenvalue weighted by Crippen LogP contribution is -2.46. The molecule has 1 aliphatic heterocycles. The molecule has 1 amide bonds. The number of thioether (sulfide) groups is 1. The van der Waals surface area contributed by atoms with Crippen LogP contribution in [0, 0.1) is 0 Å². The fourth-order valence-corrected chi connectivity index (χ4v) is 3.71. The second-order valence-electron chi connectivity index (χ2n) is 5.84. The Hall–Kier alpha value is -0.710. The molecule has 3 nitrogen and oxygen atoms in total. The second-order valence-corrected chi connectivity index (χ2v) is 7.69. The fourth-order valence-electron chi connectivity index (χ4n) is 2.71. The highest BCUT2D eigenvalue weighted by atomic mass is 35.5. The van der Waals surface area contributed by atoms with Crippen LogP contribution in [-0.2, 0) is 4.79 Å². The zero-order chi connectivity index (χ0) is 15.9. The van der Waals surface area contributed by atoms with Crippen LogP contribution in [0.2, 0.25) is 5.02 Å². The van der Waals surface area contributed by atoms with E-state index in [4.69, 9.17) is 11.6 Å². The number of piperidine rings is 1. The molecule has 0 aliphatic carbocycles. The average molecular weight is 341 g/mol. The van der Waals surface area contributed by atoms with E-state index in [1.54, 1.807) is 11.8 Å². The molecule has 2 rings (SSSR count). The van der Waals surface area contributed by atoms with Gasteiger partial charge in [0.1, 0.15) is 0 Å². The Kier molecular flexibility index (Phi) is 7.06. The molecular weight excluding hydrogens is 316 g/mol. The lowest BCUT2D eigenvalue weighted by Gasteiger charge is -2.32. The molecule has 122 valence electrons. The third-order valence-electron chi connectivity index (χ3n) is 3.97. The molecule has 0 spiro atoms. The Balaban J connectivity index is 1.76. The van der Waals surface area contributed by atoms with Crippen LogP contribution in [-0.4, -0.2) is 41.7 Å². The summed E-state index contributed by atoms with van der Waals surface area (Å²) in [5.74, 6) is 0.133. The number of amides is 1. The van der Waals surface area contributed by atoms with E-state index >= 15 is 0 Å². The van der Waals surface area contributed by atoms with Gasteiger partial charge in [0.2, 0.25) is 5.91 Å². The van der Waals surface area contributed by atoms with Gasteiger partial charge in [0, 0.05) is 29.0 Å². The summed E-state index contributed by atoms with van der Waals surface area (Å²) in [7, 11) is 0. The number of carbonyl (C=O) groups is 1. The molecule has 0 aromatic heterocycles. The van der Waals surface area contributed by atoms with Gasteiger partial charge >= 0.3 is 0 Å². The number of halogens is 1. The van der Waals surface area contributed by atoms with E-state index in [9.17, 15) is 4.79 Å². The summed E-state index contributed by atoms with van der Waals surface area (Å²) in [6.07, 6.45) is 3.32. The third kappa shape index (κ3) is 5.49. The molecule has 22 heavy (non-hydrogen) atoms. The molecule has 0 bridgehead atoms. The Morgan fingerprint density at radius 1 is 1.36 bits per heavy atom. The maximum absolute atomic E-state index is 12.3. The first-order chi connectivity index (χ1) is 10.6. The van der Waals surface area contributed by atoms with Gasteiger partial charge in [0.25, 0.3) is 0 Å². The maximum atomic E-state index is 12.3. The number of carbonyl (C=O) groups excluding carboxylic acids is 1. The number of benzene rings is 1. The molecule has 0 saturated carbocycles. The first-order valence-corrected chi connectivity index (χ1v) is 9.29. The van der Waals surface area contributed by atoms with Crippen molar-refractivity contribution in [3.05, 3.63) is 29.3 Å². The zero-order valence-corrected chi connectivity index (χ0v) is 14.9. The van der Waals surface area contributed by atoms with E-state index in [1.165, 1.54) is 13.0 Å². The summed E-state index contributed by atoms with van der Waals surface area (Å²) in [6, 6.07) is 7.96. The molecule has 1 heterocycles. The molecule has 1 saturated heterocycles. The largest absolute Gasteiger partial charge is 0.352 e. The average Bonchev–Trinajstić information content (AvgIpc) is 2.51. The van der Waals surface area contributed by atoms with Crippen LogP contribution in [0.1, 0.15) is 33.1 Å². The Bertz CT molecular complexity index is 472. The van der Waals surface area contributed by atoms with Crippen LogP contribution in [0.15, 0.2) is 29.2 Å². The number of likely N-dealkylation sites (tertiary alicyclic amines) is 1. The van der Waals surface area contributed by atoms with Crippen molar-refractivity contribution in [1.29, 1.82) is 0 Å². The van der Waals surface area contributed by atoms with Crippen molar-refractivity contribution in [3.63, 3.8) is 0 Å². The topological polar surface area (TPSA) is 32.3 Å². The summed E-state index contributed by atoms with van der Waals surface area (Å²) in [4.78, 5) is 15.9. The highest BCUT2D eigenvalue weighted by molar-refractivity contribution is 8.00. The van der Waals surface area contributed by atoms with Crippen LogP contribution in [0.4, 0.5) is 0 Å². The smallest absolute Gasteiger partial charge is 0.233 e. The van der Waals surface area contributed by atoms with E-state index in [2.05, 4.69) is 17.1 Å². The summed E-state index contributed by atoms with van der Waals surface area (Å²) in [5.41, 5.74) is 0. The maximum Gasteiger partial charge on any atom is 0.233 e. The third-order valence-corrected chi connectivity index (χ3v) is 5.33. The Morgan fingerprint density at radius 3 is 2.59 bits per heavy atom. The predicted molar refractivity (Wildman–Crippen MR) is 94.7 cm³/mol. The summed E-state index contributed by atoms with van der Waals surface area (Å²) in [5, 5.41) is 3.83. The minimum absolute atomic E-state index is 0.0881. The van der Waals surface area contributed by atoms with Gasteiger partial charge in [-0.25, -0.2) is 0 Å². The van der Waals surface area contributed by atoms with Crippen LogP contribution in [0.3, 0.4) is 0 Å². The van der Waals surface area contributed by atoms with Crippen LogP contribution >= 0.6 is 23.4 Å². The quantitative estimate of drug-likeness (QED) is 0.799. The standard InChI is InChI=1S/C17H25ClN2OS/c1-3-10-20-11-8-15(9-12-20)19-17(21)13(2)22-16-6-4-14(18)5-7-16/h4-7,13,15H,3,8-12H2,1-2H3,(H,19,21)/t13-/m1/s1. The number of hydrogen-bond donors (Lipinski definition) is 1.